The van der Waals surface area contributed by atoms with Crippen LogP contribution in [0.4, 0.5) is 5.69 Å². The monoisotopic (exact) mass is 374 g/mol. The summed E-state index contributed by atoms with van der Waals surface area (Å²) in [4.78, 5) is 29.6. The number of hydrogen-bond acceptors (Lipinski definition) is 3. The number of amides is 2. The quantitative estimate of drug-likeness (QED) is 0.858. The highest BCUT2D eigenvalue weighted by molar-refractivity contribution is 6.31. The maximum Gasteiger partial charge on any atom is 0.287 e. The predicted octanol–water partition coefficient (Wildman–Crippen LogP) is 3.57. The molecule has 0 aliphatic carbocycles. The molecule has 0 bridgehead atoms. The van der Waals surface area contributed by atoms with Gasteiger partial charge in [-0.3, -0.25) is 9.59 Å². The van der Waals surface area contributed by atoms with Gasteiger partial charge < -0.3 is 15.2 Å². The molecule has 0 radical (unpaired) electrons. The number of imidazole rings is 1. The first-order valence-electron chi connectivity index (χ1n) is 8.84. The summed E-state index contributed by atoms with van der Waals surface area (Å²) < 4.78 is 1.87. The number of carbonyl (C=O) groups excluding carboxylic acids is 2. The van der Waals surface area contributed by atoms with E-state index in [0.29, 0.717) is 28.8 Å². The number of anilines is 1. The summed E-state index contributed by atoms with van der Waals surface area (Å²) >= 11 is 6.13. The Bertz CT molecular complexity index is 857. The molecule has 0 saturated carbocycles. The van der Waals surface area contributed by atoms with Crippen LogP contribution in [0.3, 0.4) is 0 Å². The first-order chi connectivity index (χ1) is 12.4. The molecule has 0 fully saturated rings. The minimum Gasteiger partial charge on any atom is -0.347 e. The number of carbonyl (C=O) groups is 2. The van der Waals surface area contributed by atoms with E-state index in [2.05, 4.69) is 15.6 Å². The number of nitrogens with zero attached hydrogens (tertiary/aromatic N) is 2. The minimum absolute atomic E-state index is 0.00557. The van der Waals surface area contributed by atoms with Gasteiger partial charge in [0, 0.05) is 23.3 Å². The molecule has 1 aliphatic rings. The third-order valence-electron chi connectivity index (χ3n) is 4.39. The van der Waals surface area contributed by atoms with Gasteiger partial charge in [0.25, 0.3) is 11.8 Å². The minimum atomic E-state index is -0.320. The van der Waals surface area contributed by atoms with Gasteiger partial charge >= 0.3 is 0 Å². The molecule has 26 heavy (non-hydrogen) atoms. The maximum atomic E-state index is 12.8. The van der Waals surface area contributed by atoms with Gasteiger partial charge in [-0.15, -0.1) is 0 Å². The molecule has 0 saturated heterocycles. The smallest absolute Gasteiger partial charge is 0.287 e. The highest BCUT2D eigenvalue weighted by Crippen LogP contribution is 2.24. The summed E-state index contributed by atoms with van der Waals surface area (Å²) in [6.45, 7) is 6.39. The van der Waals surface area contributed by atoms with Crippen molar-refractivity contribution in [3.63, 3.8) is 0 Å². The summed E-state index contributed by atoms with van der Waals surface area (Å²) in [6.07, 6.45) is 2.69. The van der Waals surface area contributed by atoms with E-state index in [1.165, 1.54) is 0 Å². The molecule has 2 amide bonds. The number of hydrogen-bond donors (Lipinski definition) is 2. The number of aromatic nitrogens is 2. The zero-order chi connectivity index (χ0) is 18.8. The number of fused-ring (bicyclic) bond motifs is 1. The Labute approximate surface area is 157 Å². The molecular formula is C19H23ClN4O2. The van der Waals surface area contributed by atoms with Crippen LogP contribution in [0, 0.1) is 6.92 Å². The van der Waals surface area contributed by atoms with Gasteiger partial charge in [-0.05, 0) is 57.7 Å². The number of aryl methyl sites for hydroxylation is 1. The Balaban J connectivity index is 1.91. The average molecular weight is 375 g/mol. The van der Waals surface area contributed by atoms with Crippen LogP contribution in [0.5, 0.6) is 0 Å². The Morgan fingerprint density at radius 3 is 2.69 bits per heavy atom. The fourth-order valence-electron chi connectivity index (χ4n) is 3.09. The van der Waals surface area contributed by atoms with Gasteiger partial charge in [0.2, 0.25) is 0 Å². The first kappa shape index (κ1) is 18.5. The SMILES string of the molecule is Cc1ccc(NC(=O)c2nc(C(=O)NC(C)C)n3c2CCCC3)cc1Cl. The first-order valence-corrected chi connectivity index (χ1v) is 9.22. The normalized spacial score (nSPS) is 13.4. The second-order valence-corrected chi connectivity index (χ2v) is 7.29. The Morgan fingerprint density at radius 2 is 2.00 bits per heavy atom. The predicted molar refractivity (Wildman–Crippen MR) is 102 cm³/mol. The number of nitrogens with one attached hydrogen (secondary N) is 2. The maximum absolute atomic E-state index is 12.8. The van der Waals surface area contributed by atoms with Crippen LogP contribution in [0.15, 0.2) is 18.2 Å². The summed E-state index contributed by atoms with van der Waals surface area (Å²) in [5.41, 5.74) is 2.68. The van der Waals surface area contributed by atoms with Crippen molar-refractivity contribution in [1.82, 2.24) is 14.9 Å². The number of rotatable bonds is 4. The van der Waals surface area contributed by atoms with E-state index in [1.807, 2.05) is 31.4 Å². The lowest BCUT2D eigenvalue weighted by Crippen LogP contribution is -2.33. The topological polar surface area (TPSA) is 76.0 Å². The molecule has 2 heterocycles. The van der Waals surface area contributed by atoms with Crippen LogP contribution in [-0.2, 0) is 13.0 Å². The van der Waals surface area contributed by atoms with Crippen molar-refractivity contribution in [1.29, 1.82) is 0 Å². The molecule has 1 aliphatic heterocycles. The van der Waals surface area contributed by atoms with E-state index in [-0.39, 0.29) is 17.9 Å². The van der Waals surface area contributed by atoms with Crippen molar-refractivity contribution in [2.75, 3.05) is 5.32 Å². The van der Waals surface area contributed by atoms with Gasteiger partial charge in [-0.1, -0.05) is 17.7 Å². The fraction of sp³-hybridized carbons (Fsp3) is 0.421. The summed E-state index contributed by atoms with van der Waals surface area (Å²) in [6, 6.07) is 5.37. The molecular weight excluding hydrogens is 352 g/mol. The molecule has 6 nitrogen and oxygen atoms in total. The van der Waals surface area contributed by atoms with Gasteiger partial charge in [0.15, 0.2) is 11.5 Å². The van der Waals surface area contributed by atoms with E-state index in [1.54, 1.807) is 12.1 Å². The van der Waals surface area contributed by atoms with E-state index < -0.39 is 0 Å². The zero-order valence-corrected chi connectivity index (χ0v) is 16.0. The fourth-order valence-corrected chi connectivity index (χ4v) is 3.27. The molecule has 0 atom stereocenters. The molecule has 1 aromatic carbocycles. The molecule has 3 rings (SSSR count). The van der Waals surface area contributed by atoms with E-state index in [0.717, 1.165) is 30.5 Å². The van der Waals surface area contributed by atoms with Crippen molar-refractivity contribution in [3.8, 4) is 0 Å². The van der Waals surface area contributed by atoms with Crippen molar-refractivity contribution < 1.29 is 9.59 Å². The third kappa shape index (κ3) is 3.75. The number of halogens is 1. The zero-order valence-electron chi connectivity index (χ0n) is 15.2. The summed E-state index contributed by atoms with van der Waals surface area (Å²) in [5, 5.41) is 6.28. The Kier molecular flexibility index (Phi) is 5.32. The Morgan fingerprint density at radius 1 is 1.23 bits per heavy atom. The van der Waals surface area contributed by atoms with Gasteiger partial charge in [0.05, 0.1) is 5.69 Å². The highest BCUT2D eigenvalue weighted by atomic mass is 35.5. The van der Waals surface area contributed by atoms with Crippen LogP contribution in [-0.4, -0.2) is 27.4 Å². The average Bonchev–Trinajstić information content (AvgIpc) is 2.97. The van der Waals surface area contributed by atoms with Gasteiger partial charge in [0.1, 0.15) is 0 Å². The molecule has 138 valence electrons. The van der Waals surface area contributed by atoms with Crippen molar-refractivity contribution in [3.05, 3.63) is 46.0 Å². The molecule has 2 N–H and O–H groups in total. The lowest BCUT2D eigenvalue weighted by atomic mass is 10.1. The van der Waals surface area contributed by atoms with Gasteiger partial charge in [-0.2, -0.15) is 0 Å². The third-order valence-corrected chi connectivity index (χ3v) is 4.79. The highest BCUT2D eigenvalue weighted by Gasteiger charge is 2.27. The molecule has 0 unspecified atom stereocenters. The largest absolute Gasteiger partial charge is 0.347 e. The van der Waals surface area contributed by atoms with Crippen LogP contribution in [0.2, 0.25) is 5.02 Å². The lowest BCUT2D eigenvalue weighted by Gasteiger charge is -2.17. The van der Waals surface area contributed by atoms with Crippen molar-refractivity contribution in [2.24, 2.45) is 0 Å². The van der Waals surface area contributed by atoms with E-state index in [9.17, 15) is 9.59 Å². The van der Waals surface area contributed by atoms with Crippen LogP contribution < -0.4 is 10.6 Å². The van der Waals surface area contributed by atoms with Crippen molar-refractivity contribution >= 4 is 29.1 Å². The molecule has 1 aromatic heterocycles. The standard InChI is InChI=1S/C19H23ClN4O2/c1-11(2)21-19(26)17-23-16(15-6-4-5-9-24(15)17)18(25)22-13-8-7-12(3)14(20)10-13/h7-8,10-11H,4-6,9H2,1-3H3,(H,21,26)(H,22,25). The van der Waals surface area contributed by atoms with Crippen LogP contribution >= 0.6 is 11.6 Å². The van der Waals surface area contributed by atoms with Crippen LogP contribution in [0.1, 0.15) is 59.1 Å². The summed E-state index contributed by atoms with van der Waals surface area (Å²) in [5.74, 6) is -0.264. The van der Waals surface area contributed by atoms with E-state index >= 15 is 0 Å². The molecule has 2 aromatic rings. The van der Waals surface area contributed by atoms with Crippen molar-refractivity contribution in [2.45, 2.75) is 52.6 Å². The second kappa shape index (κ2) is 7.50. The molecule has 7 heteroatoms. The summed E-state index contributed by atoms with van der Waals surface area (Å²) in [7, 11) is 0. The Hall–Kier alpha value is -2.34. The number of benzene rings is 1. The lowest BCUT2D eigenvalue weighted by molar-refractivity contribution is 0.0927. The molecule has 0 spiro atoms. The second-order valence-electron chi connectivity index (χ2n) is 6.89. The van der Waals surface area contributed by atoms with Gasteiger partial charge in [-0.25, -0.2) is 4.98 Å². The van der Waals surface area contributed by atoms with E-state index in [4.69, 9.17) is 11.6 Å². The van der Waals surface area contributed by atoms with Crippen LogP contribution in [0.25, 0.3) is 0 Å².